The zero-order valence-corrected chi connectivity index (χ0v) is 11.6. The first kappa shape index (κ1) is 13.5. The molecule has 0 saturated heterocycles. The van der Waals surface area contributed by atoms with E-state index >= 15 is 0 Å². The molecular formula is C14H17N5O2. The second-order valence-corrected chi connectivity index (χ2v) is 5.39. The molecule has 0 radical (unpaired) electrons. The summed E-state index contributed by atoms with van der Waals surface area (Å²) in [6, 6.07) is 6.40. The summed E-state index contributed by atoms with van der Waals surface area (Å²) in [5.74, 6) is 0.218. The molecule has 1 amide bonds. The number of aryl methyl sites for hydroxylation is 1. The molecule has 2 N–H and O–H groups in total. The number of nitrogens with zero attached hydrogens (tertiary/aromatic N) is 4. The quantitative estimate of drug-likeness (QED) is 0.876. The second kappa shape index (κ2) is 5.51. The number of nitrogens with two attached hydrogens (primary N) is 1. The Balaban J connectivity index is 1.77. The molecule has 1 fully saturated rings. The van der Waals surface area contributed by atoms with Gasteiger partial charge < -0.3 is 5.73 Å². The van der Waals surface area contributed by atoms with Crippen molar-refractivity contribution in [2.24, 2.45) is 11.7 Å². The van der Waals surface area contributed by atoms with E-state index in [1.165, 1.54) is 28.6 Å². The minimum absolute atomic E-state index is 0.263. The number of primary amides is 1. The van der Waals surface area contributed by atoms with Crippen molar-refractivity contribution in [2.45, 2.75) is 32.2 Å². The molecule has 0 spiro atoms. The fraction of sp³-hybridized carbons (Fsp3) is 0.429. The van der Waals surface area contributed by atoms with E-state index in [1.807, 2.05) is 0 Å². The third kappa shape index (κ3) is 2.72. The number of carbonyl (C=O) groups is 1. The largest absolute Gasteiger partial charge is 0.368 e. The Hall–Kier alpha value is -2.44. The molecule has 0 bridgehead atoms. The van der Waals surface area contributed by atoms with E-state index in [1.54, 1.807) is 24.3 Å². The van der Waals surface area contributed by atoms with Gasteiger partial charge in [-0.2, -0.15) is 9.36 Å². The summed E-state index contributed by atoms with van der Waals surface area (Å²) >= 11 is 0. The summed E-state index contributed by atoms with van der Waals surface area (Å²) in [5.41, 5.74) is 5.88. The van der Waals surface area contributed by atoms with Gasteiger partial charge in [0.1, 0.15) is 0 Å². The topological polar surface area (TPSA) is 95.8 Å². The van der Waals surface area contributed by atoms with Crippen LogP contribution in [0.4, 0.5) is 0 Å². The minimum atomic E-state index is -0.502. The number of tetrazole rings is 1. The Morgan fingerprint density at radius 1 is 1.24 bits per heavy atom. The van der Waals surface area contributed by atoms with Crippen LogP contribution in [0.5, 0.6) is 0 Å². The predicted molar refractivity (Wildman–Crippen MR) is 76.1 cm³/mol. The van der Waals surface area contributed by atoms with E-state index in [0.29, 0.717) is 17.8 Å². The fourth-order valence-electron chi connectivity index (χ4n) is 2.43. The minimum Gasteiger partial charge on any atom is -0.366 e. The van der Waals surface area contributed by atoms with Crippen LogP contribution in [0.3, 0.4) is 0 Å². The summed E-state index contributed by atoms with van der Waals surface area (Å²) in [4.78, 5) is 23.2. The van der Waals surface area contributed by atoms with Crippen LogP contribution in [-0.4, -0.2) is 25.7 Å². The van der Waals surface area contributed by atoms with E-state index in [2.05, 4.69) is 10.4 Å². The highest BCUT2D eigenvalue weighted by Gasteiger charge is 2.18. The van der Waals surface area contributed by atoms with Crippen LogP contribution >= 0.6 is 0 Å². The Kier molecular flexibility index (Phi) is 3.55. The lowest BCUT2D eigenvalue weighted by atomic mass is 9.83. The monoisotopic (exact) mass is 287 g/mol. The molecular weight excluding hydrogens is 270 g/mol. The van der Waals surface area contributed by atoms with E-state index in [4.69, 9.17) is 5.73 Å². The SMILES string of the molecule is NC(=O)c1ccc(-n2nnn(CCC3CCC3)c2=O)cc1. The maximum Gasteiger partial charge on any atom is 0.368 e. The molecule has 3 rings (SSSR count). The number of carbonyl (C=O) groups excluding carboxylic acids is 1. The number of hydrogen-bond donors (Lipinski definition) is 1. The molecule has 1 aromatic heterocycles. The summed E-state index contributed by atoms with van der Waals surface area (Å²) < 4.78 is 2.62. The van der Waals surface area contributed by atoms with Crippen molar-refractivity contribution >= 4 is 5.91 Å². The van der Waals surface area contributed by atoms with Gasteiger partial charge in [-0.25, -0.2) is 4.79 Å². The molecule has 1 aliphatic rings. The summed E-state index contributed by atoms with van der Waals surface area (Å²) in [7, 11) is 0. The zero-order chi connectivity index (χ0) is 14.8. The van der Waals surface area contributed by atoms with Crippen LogP contribution in [-0.2, 0) is 6.54 Å². The molecule has 0 aliphatic heterocycles. The number of rotatable bonds is 5. The number of aromatic nitrogens is 4. The van der Waals surface area contributed by atoms with Crippen LogP contribution in [0.1, 0.15) is 36.0 Å². The molecule has 0 atom stereocenters. The number of amides is 1. The van der Waals surface area contributed by atoms with Crippen molar-refractivity contribution in [3.63, 3.8) is 0 Å². The molecule has 7 nitrogen and oxygen atoms in total. The molecule has 1 saturated carbocycles. The summed E-state index contributed by atoms with van der Waals surface area (Å²) in [6.45, 7) is 0.600. The Morgan fingerprint density at radius 3 is 2.52 bits per heavy atom. The van der Waals surface area contributed by atoms with Gasteiger partial charge in [0.25, 0.3) is 0 Å². The van der Waals surface area contributed by atoms with Crippen molar-refractivity contribution in [3.8, 4) is 5.69 Å². The highest BCUT2D eigenvalue weighted by atomic mass is 16.2. The lowest BCUT2D eigenvalue weighted by Gasteiger charge is -2.24. The molecule has 7 heteroatoms. The Bertz CT molecular complexity index is 697. The van der Waals surface area contributed by atoms with Crippen LogP contribution in [0.15, 0.2) is 29.1 Å². The lowest BCUT2D eigenvalue weighted by Crippen LogP contribution is -2.26. The number of benzene rings is 1. The van der Waals surface area contributed by atoms with E-state index in [0.717, 1.165) is 12.3 Å². The Labute approximate surface area is 121 Å². The fourth-order valence-corrected chi connectivity index (χ4v) is 2.43. The highest BCUT2D eigenvalue weighted by Crippen LogP contribution is 2.29. The average Bonchev–Trinajstić information content (AvgIpc) is 2.79. The van der Waals surface area contributed by atoms with Crippen molar-refractivity contribution in [1.82, 2.24) is 19.8 Å². The Morgan fingerprint density at radius 2 is 1.95 bits per heavy atom. The van der Waals surface area contributed by atoms with Crippen LogP contribution in [0.25, 0.3) is 5.69 Å². The molecule has 110 valence electrons. The van der Waals surface area contributed by atoms with Gasteiger partial charge in [0.05, 0.1) is 5.69 Å². The third-order valence-electron chi connectivity index (χ3n) is 4.01. The molecule has 1 aliphatic carbocycles. The molecule has 1 aromatic carbocycles. The van der Waals surface area contributed by atoms with Crippen LogP contribution in [0, 0.1) is 5.92 Å². The van der Waals surface area contributed by atoms with Gasteiger partial charge in [0.2, 0.25) is 5.91 Å². The van der Waals surface area contributed by atoms with Crippen molar-refractivity contribution in [3.05, 3.63) is 40.3 Å². The molecule has 1 heterocycles. The first-order valence-corrected chi connectivity index (χ1v) is 7.08. The van der Waals surface area contributed by atoms with Crippen molar-refractivity contribution in [2.75, 3.05) is 0 Å². The number of hydrogen-bond acceptors (Lipinski definition) is 4. The smallest absolute Gasteiger partial charge is 0.366 e. The van der Waals surface area contributed by atoms with E-state index < -0.39 is 5.91 Å². The van der Waals surface area contributed by atoms with Crippen LogP contribution in [0.2, 0.25) is 0 Å². The first-order valence-electron chi connectivity index (χ1n) is 7.08. The van der Waals surface area contributed by atoms with Gasteiger partial charge in [0, 0.05) is 12.1 Å². The van der Waals surface area contributed by atoms with Crippen molar-refractivity contribution < 1.29 is 4.79 Å². The van der Waals surface area contributed by atoms with Gasteiger partial charge >= 0.3 is 5.69 Å². The van der Waals surface area contributed by atoms with Gasteiger partial charge in [-0.3, -0.25) is 4.79 Å². The summed E-state index contributed by atoms with van der Waals surface area (Å²) in [5, 5.41) is 7.79. The first-order chi connectivity index (χ1) is 10.1. The molecule has 0 unspecified atom stereocenters. The zero-order valence-electron chi connectivity index (χ0n) is 11.6. The third-order valence-corrected chi connectivity index (χ3v) is 4.01. The molecule has 2 aromatic rings. The van der Waals surface area contributed by atoms with Crippen molar-refractivity contribution in [1.29, 1.82) is 0 Å². The second-order valence-electron chi connectivity index (χ2n) is 5.39. The standard InChI is InChI=1S/C14H17N5O2/c15-13(20)11-4-6-12(7-5-11)19-14(21)18(16-17-19)9-8-10-2-1-3-10/h4-7,10H,1-3,8-9H2,(H2,15,20). The van der Waals surface area contributed by atoms with E-state index in [-0.39, 0.29) is 5.69 Å². The normalized spacial score (nSPS) is 14.9. The predicted octanol–water partition coefficient (Wildman–Crippen LogP) is 0.718. The van der Waals surface area contributed by atoms with Gasteiger partial charge in [-0.15, -0.1) is 0 Å². The highest BCUT2D eigenvalue weighted by molar-refractivity contribution is 5.92. The summed E-state index contributed by atoms with van der Waals surface area (Å²) in [6.07, 6.45) is 4.76. The lowest BCUT2D eigenvalue weighted by molar-refractivity contribution is 0.100. The van der Waals surface area contributed by atoms with E-state index in [9.17, 15) is 9.59 Å². The van der Waals surface area contributed by atoms with Gasteiger partial charge in [-0.05, 0) is 47.0 Å². The maximum atomic E-state index is 12.2. The van der Waals surface area contributed by atoms with Gasteiger partial charge in [-0.1, -0.05) is 19.3 Å². The van der Waals surface area contributed by atoms with Crippen LogP contribution < -0.4 is 11.4 Å². The van der Waals surface area contributed by atoms with Gasteiger partial charge in [0.15, 0.2) is 0 Å². The maximum absolute atomic E-state index is 12.2. The average molecular weight is 287 g/mol. The molecule has 21 heavy (non-hydrogen) atoms.